The lowest BCUT2D eigenvalue weighted by Crippen LogP contribution is -2.13. The summed E-state index contributed by atoms with van der Waals surface area (Å²) in [4.78, 5) is 0. The van der Waals surface area contributed by atoms with Crippen molar-refractivity contribution in [1.29, 1.82) is 0 Å². The lowest BCUT2D eigenvalue weighted by atomic mass is 9.95. The zero-order valence-corrected chi connectivity index (χ0v) is 11.6. The Morgan fingerprint density at radius 1 is 1.12 bits per heavy atom. The summed E-state index contributed by atoms with van der Waals surface area (Å²) >= 11 is 0. The first-order chi connectivity index (χ1) is 7.47. The van der Waals surface area contributed by atoms with E-state index in [1.807, 2.05) is 7.05 Å². The van der Waals surface area contributed by atoms with Crippen molar-refractivity contribution in [3.05, 3.63) is 24.4 Å². The maximum atomic E-state index is 4.16. The summed E-state index contributed by atoms with van der Waals surface area (Å²) in [5.41, 5.74) is 2.48. The second-order valence-corrected chi connectivity index (χ2v) is 5.27. The molecule has 0 aromatic heterocycles. The van der Waals surface area contributed by atoms with E-state index in [-0.39, 0.29) is 0 Å². The summed E-state index contributed by atoms with van der Waals surface area (Å²) < 4.78 is 0. The Bertz CT molecular complexity index is 215. The number of allylic oxidation sites excluding steroid dienone is 2. The van der Waals surface area contributed by atoms with Crippen LogP contribution < -0.4 is 5.32 Å². The molecule has 0 aliphatic carbocycles. The van der Waals surface area contributed by atoms with Crippen molar-refractivity contribution in [1.82, 2.24) is 5.32 Å². The Morgan fingerprint density at radius 3 is 2.25 bits per heavy atom. The molecule has 0 fully saturated rings. The van der Waals surface area contributed by atoms with Crippen molar-refractivity contribution in [3.63, 3.8) is 0 Å². The summed E-state index contributed by atoms with van der Waals surface area (Å²) in [5, 5.41) is 3.12. The highest BCUT2D eigenvalue weighted by atomic mass is 14.8. The predicted molar refractivity (Wildman–Crippen MR) is 74.4 cm³/mol. The highest BCUT2D eigenvalue weighted by molar-refractivity contribution is 5.04. The fourth-order valence-electron chi connectivity index (χ4n) is 1.83. The molecule has 1 atom stereocenters. The first kappa shape index (κ1) is 15.3. The molecule has 1 N–H and O–H groups in total. The van der Waals surface area contributed by atoms with Gasteiger partial charge >= 0.3 is 0 Å². The van der Waals surface area contributed by atoms with Crippen LogP contribution in [0.3, 0.4) is 0 Å². The largest absolute Gasteiger partial charge is 0.392 e. The third kappa shape index (κ3) is 7.56. The topological polar surface area (TPSA) is 12.0 Å². The summed E-state index contributed by atoms with van der Waals surface area (Å²) in [7, 11) is 1.93. The molecule has 0 bridgehead atoms. The van der Waals surface area contributed by atoms with Gasteiger partial charge in [-0.3, -0.25) is 0 Å². The molecule has 0 amide bonds. The Morgan fingerprint density at radius 2 is 1.75 bits per heavy atom. The minimum atomic E-state index is 0.502. The number of nitrogens with one attached hydrogen (secondary N) is 1. The van der Waals surface area contributed by atoms with E-state index >= 15 is 0 Å². The minimum Gasteiger partial charge on any atom is -0.392 e. The molecular formula is C15H29N. The van der Waals surface area contributed by atoms with E-state index in [9.17, 15) is 0 Å². The van der Waals surface area contributed by atoms with E-state index in [2.05, 4.69) is 39.2 Å². The van der Waals surface area contributed by atoms with Gasteiger partial charge < -0.3 is 5.32 Å². The molecule has 0 aromatic carbocycles. The van der Waals surface area contributed by atoms with Gasteiger partial charge in [-0.05, 0) is 31.1 Å². The van der Waals surface area contributed by atoms with Crippen LogP contribution in [0.15, 0.2) is 24.4 Å². The molecule has 1 unspecified atom stereocenters. The van der Waals surface area contributed by atoms with Crippen LogP contribution in [0, 0.1) is 11.8 Å². The third-order valence-corrected chi connectivity index (χ3v) is 3.07. The van der Waals surface area contributed by atoms with E-state index in [0.717, 1.165) is 18.0 Å². The Kier molecular flexibility index (Phi) is 8.05. The molecule has 0 aliphatic heterocycles. The molecule has 16 heavy (non-hydrogen) atoms. The van der Waals surface area contributed by atoms with Crippen LogP contribution in [0.4, 0.5) is 0 Å². The lowest BCUT2D eigenvalue weighted by Gasteiger charge is -2.16. The summed E-state index contributed by atoms with van der Waals surface area (Å²) in [6, 6.07) is 0. The van der Waals surface area contributed by atoms with Crippen LogP contribution in [0.1, 0.15) is 52.9 Å². The van der Waals surface area contributed by atoms with Crippen molar-refractivity contribution in [2.45, 2.75) is 52.9 Å². The third-order valence-electron chi connectivity index (χ3n) is 3.07. The van der Waals surface area contributed by atoms with Crippen molar-refractivity contribution in [3.8, 4) is 0 Å². The first-order valence-electron chi connectivity index (χ1n) is 6.50. The quantitative estimate of drug-likeness (QED) is 0.448. The van der Waals surface area contributed by atoms with Gasteiger partial charge in [-0.1, -0.05) is 52.3 Å². The zero-order chi connectivity index (χ0) is 12.6. The lowest BCUT2D eigenvalue weighted by molar-refractivity contribution is 0.529. The molecule has 94 valence electrons. The molecule has 0 heterocycles. The average molecular weight is 223 g/mol. The minimum absolute atomic E-state index is 0.502. The Labute approximate surface area is 102 Å². The van der Waals surface area contributed by atoms with Gasteiger partial charge in [0.15, 0.2) is 0 Å². The average Bonchev–Trinajstić information content (AvgIpc) is 2.22. The molecule has 0 aliphatic rings. The maximum absolute atomic E-state index is 4.16. The van der Waals surface area contributed by atoms with Gasteiger partial charge in [-0.15, -0.1) is 0 Å². The van der Waals surface area contributed by atoms with Gasteiger partial charge in [0.05, 0.1) is 0 Å². The van der Waals surface area contributed by atoms with Crippen molar-refractivity contribution >= 4 is 0 Å². The normalized spacial score (nSPS) is 12.6. The Hall–Kier alpha value is -0.720. The molecule has 0 rings (SSSR count). The maximum Gasteiger partial charge on any atom is 0.00630 e. The number of hydrogen-bond donors (Lipinski definition) is 1. The van der Waals surface area contributed by atoms with E-state index in [1.165, 1.54) is 31.3 Å². The summed E-state index contributed by atoms with van der Waals surface area (Å²) in [6.45, 7) is 14.9. The summed E-state index contributed by atoms with van der Waals surface area (Å²) in [6.07, 6.45) is 6.20. The predicted octanol–water partition coefficient (Wildman–Crippen LogP) is 4.52. The van der Waals surface area contributed by atoms with Gasteiger partial charge in [-0.25, -0.2) is 0 Å². The number of rotatable bonds is 9. The second kappa shape index (κ2) is 8.43. The van der Waals surface area contributed by atoms with Gasteiger partial charge in [-0.2, -0.15) is 0 Å². The molecule has 0 aromatic rings. The second-order valence-electron chi connectivity index (χ2n) is 5.27. The van der Waals surface area contributed by atoms with Crippen molar-refractivity contribution in [2.24, 2.45) is 11.8 Å². The molecule has 0 saturated heterocycles. The smallest absolute Gasteiger partial charge is 0.00630 e. The summed E-state index contributed by atoms with van der Waals surface area (Å²) in [5.74, 6) is 1.33. The van der Waals surface area contributed by atoms with Crippen LogP contribution in [0.25, 0.3) is 0 Å². The number of unbranched alkanes of at least 4 members (excludes halogenated alkanes) is 1. The van der Waals surface area contributed by atoms with Gasteiger partial charge in [0.1, 0.15) is 0 Å². The Balaban J connectivity index is 3.62. The highest BCUT2D eigenvalue weighted by Gasteiger charge is 2.07. The zero-order valence-electron chi connectivity index (χ0n) is 11.6. The van der Waals surface area contributed by atoms with Gasteiger partial charge in [0.25, 0.3) is 0 Å². The SMILES string of the molecule is C=C(CCCCC(C)C)CC(C)C(=C)NC. The van der Waals surface area contributed by atoms with Crippen molar-refractivity contribution < 1.29 is 0 Å². The molecule has 0 spiro atoms. The van der Waals surface area contributed by atoms with Gasteiger partial charge in [0.2, 0.25) is 0 Å². The molecule has 1 heteroatoms. The van der Waals surface area contributed by atoms with E-state index in [4.69, 9.17) is 0 Å². The molecular weight excluding hydrogens is 194 g/mol. The van der Waals surface area contributed by atoms with Crippen LogP contribution in [0.2, 0.25) is 0 Å². The molecule has 0 saturated carbocycles. The first-order valence-corrected chi connectivity index (χ1v) is 6.50. The van der Waals surface area contributed by atoms with Gasteiger partial charge in [0, 0.05) is 12.7 Å². The fraction of sp³-hybridized carbons (Fsp3) is 0.733. The van der Waals surface area contributed by atoms with E-state index in [1.54, 1.807) is 0 Å². The van der Waals surface area contributed by atoms with Crippen LogP contribution >= 0.6 is 0 Å². The van der Waals surface area contributed by atoms with Crippen molar-refractivity contribution in [2.75, 3.05) is 7.05 Å². The standard InChI is InChI=1S/C15H29N/c1-12(2)9-7-8-10-13(3)11-14(4)15(5)16-6/h12,14,16H,3,5,7-11H2,1-2,4,6H3. The molecule has 1 nitrogen and oxygen atoms in total. The van der Waals surface area contributed by atoms with Crippen LogP contribution in [0.5, 0.6) is 0 Å². The van der Waals surface area contributed by atoms with Crippen LogP contribution in [-0.2, 0) is 0 Å². The monoisotopic (exact) mass is 223 g/mol. The van der Waals surface area contributed by atoms with E-state index in [0.29, 0.717) is 5.92 Å². The molecule has 0 radical (unpaired) electrons. The fourth-order valence-corrected chi connectivity index (χ4v) is 1.83. The number of hydrogen-bond acceptors (Lipinski definition) is 1. The van der Waals surface area contributed by atoms with Crippen LogP contribution in [-0.4, -0.2) is 7.05 Å². The van der Waals surface area contributed by atoms with E-state index < -0.39 is 0 Å². The highest BCUT2D eigenvalue weighted by Crippen LogP contribution is 2.20.